The molecule has 0 N–H and O–H groups in total. The Hall–Kier alpha value is 1.26. The zero-order valence-corrected chi connectivity index (χ0v) is 16.2. The Kier molecular flexibility index (Phi) is 24.6. The third-order valence-electron chi connectivity index (χ3n) is 3.52. The van der Waals surface area contributed by atoms with Gasteiger partial charge in [-0.05, 0) is 0 Å². The minimum Gasteiger partial charge on any atom is -1.00 e. The van der Waals surface area contributed by atoms with Gasteiger partial charge in [0.2, 0.25) is 0 Å². The van der Waals surface area contributed by atoms with Gasteiger partial charge in [0.15, 0.2) is 0 Å². The van der Waals surface area contributed by atoms with Crippen molar-refractivity contribution >= 4 is 15.2 Å². The molecular weight excluding hydrogens is 346 g/mol. The van der Waals surface area contributed by atoms with E-state index in [1.807, 2.05) is 0 Å². The molecule has 108 valence electrons. The van der Waals surface area contributed by atoms with E-state index in [-0.39, 0.29) is 24.0 Å². The maximum atomic E-state index is 2.30. The summed E-state index contributed by atoms with van der Waals surface area (Å²) in [6.07, 6.45) is 17.6. The predicted octanol–water partition coefficient (Wildman–Crippen LogP) is 3.25. The van der Waals surface area contributed by atoms with E-state index in [2.05, 4.69) is 13.8 Å². The van der Waals surface area contributed by atoms with E-state index in [4.69, 9.17) is 0 Å². The van der Waals surface area contributed by atoms with Crippen LogP contribution >= 0.6 is 0 Å². The van der Waals surface area contributed by atoms with Crippen molar-refractivity contribution in [3.05, 3.63) is 0 Å². The minimum atomic E-state index is 0. The van der Waals surface area contributed by atoms with Crippen LogP contribution in [0.15, 0.2) is 0 Å². The van der Waals surface area contributed by atoms with Crippen LogP contribution in [0.3, 0.4) is 0 Å². The normalized spacial score (nSPS) is 9.89. The molecule has 0 atom stereocenters. The summed E-state index contributed by atoms with van der Waals surface area (Å²) in [6.45, 7) is 4.59. The first-order chi connectivity index (χ1) is 8.41. The first-order valence-electron chi connectivity index (χ1n) is 8.23. The summed E-state index contributed by atoms with van der Waals surface area (Å²) in [5.74, 6) is 0. The summed E-state index contributed by atoms with van der Waals surface area (Å²) < 4.78 is 0. The standard InChI is InChI=1S/2C8H17.Al.HI/c2*1-3-5-7-8-6-4-2;;/h2*1,3-8H2,2H3;;1H/q;;+1;/p-1. The van der Waals surface area contributed by atoms with E-state index in [0.29, 0.717) is 0 Å². The van der Waals surface area contributed by atoms with Crippen LogP contribution in [0.1, 0.15) is 90.9 Å². The van der Waals surface area contributed by atoms with Crippen LogP contribution in [0.25, 0.3) is 0 Å². The number of hydrogen-bond donors (Lipinski definition) is 0. The molecule has 18 heavy (non-hydrogen) atoms. The molecule has 0 aromatic carbocycles. The summed E-state index contributed by atoms with van der Waals surface area (Å²) in [5, 5.41) is 3.14. The largest absolute Gasteiger partial charge is 1.00 e. The second kappa shape index (κ2) is 20.6. The SMILES string of the molecule is CCCCCCC[CH2][Al+][CH2]CCCCCCC.[I-]. The molecule has 0 aromatic rings. The van der Waals surface area contributed by atoms with Gasteiger partial charge in [-0.2, -0.15) is 0 Å². The third-order valence-corrected chi connectivity index (χ3v) is 5.16. The topological polar surface area (TPSA) is 0 Å². The Labute approximate surface area is 140 Å². The molecule has 0 aliphatic heterocycles. The van der Waals surface area contributed by atoms with Gasteiger partial charge >= 0.3 is 117 Å². The molecule has 0 unspecified atom stereocenters. The van der Waals surface area contributed by atoms with Crippen LogP contribution < -0.4 is 24.0 Å². The smallest absolute Gasteiger partial charge is 1.00 e. The van der Waals surface area contributed by atoms with Crippen molar-refractivity contribution < 1.29 is 24.0 Å². The van der Waals surface area contributed by atoms with E-state index in [1.165, 1.54) is 77.0 Å². The molecule has 0 amide bonds. The van der Waals surface area contributed by atoms with Crippen molar-refractivity contribution in [1.29, 1.82) is 0 Å². The Morgan fingerprint density at radius 2 is 0.833 bits per heavy atom. The fourth-order valence-electron chi connectivity index (χ4n) is 2.28. The van der Waals surface area contributed by atoms with Crippen LogP contribution in [0, 0.1) is 0 Å². The van der Waals surface area contributed by atoms with Gasteiger partial charge in [-0.3, -0.25) is 0 Å². The van der Waals surface area contributed by atoms with Crippen LogP contribution in [0.4, 0.5) is 0 Å². The molecule has 0 aliphatic rings. The van der Waals surface area contributed by atoms with E-state index in [9.17, 15) is 0 Å². The first kappa shape index (κ1) is 21.6. The maximum absolute atomic E-state index is 2.30. The molecule has 0 saturated carbocycles. The third kappa shape index (κ3) is 19.6. The molecule has 0 aromatic heterocycles. The molecule has 0 rings (SSSR count). The van der Waals surface area contributed by atoms with Gasteiger partial charge in [0.25, 0.3) is 0 Å². The van der Waals surface area contributed by atoms with E-state index in [0.717, 1.165) is 15.2 Å². The molecule has 0 fully saturated rings. The average molecular weight is 380 g/mol. The van der Waals surface area contributed by atoms with Crippen molar-refractivity contribution in [3.8, 4) is 0 Å². The summed E-state index contributed by atoms with van der Waals surface area (Å²) >= 11 is 0.794. The van der Waals surface area contributed by atoms with Crippen LogP contribution in [-0.2, 0) is 0 Å². The Balaban J connectivity index is 0. The summed E-state index contributed by atoms with van der Waals surface area (Å²) in [7, 11) is 0. The number of hydrogen-bond acceptors (Lipinski definition) is 0. The minimum absolute atomic E-state index is 0. The molecular formula is C16H34AlI. The van der Waals surface area contributed by atoms with Crippen molar-refractivity contribution in [2.24, 2.45) is 0 Å². The quantitative estimate of drug-likeness (QED) is 0.247. The molecule has 0 nitrogen and oxygen atoms in total. The summed E-state index contributed by atoms with van der Waals surface area (Å²) in [5.41, 5.74) is 0. The zero-order chi connectivity index (χ0) is 12.6. The van der Waals surface area contributed by atoms with Crippen molar-refractivity contribution in [1.82, 2.24) is 0 Å². The fourth-order valence-corrected chi connectivity index (χ4v) is 3.73. The maximum Gasteiger partial charge on any atom is -1.00 e. The zero-order valence-electron chi connectivity index (χ0n) is 12.9. The molecule has 0 saturated heterocycles. The van der Waals surface area contributed by atoms with E-state index >= 15 is 0 Å². The molecule has 0 spiro atoms. The molecule has 0 bridgehead atoms. The summed E-state index contributed by atoms with van der Waals surface area (Å²) in [4.78, 5) is 0. The van der Waals surface area contributed by atoms with E-state index in [1.54, 1.807) is 10.6 Å². The van der Waals surface area contributed by atoms with Gasteiger partial charge < -0.3 is 24.0 Å². The molecule has 0 radical (unpaired) electrons. The van der Waals surface area contributed by atoms with Gasteiger partial charge in [-0.1, -0.05) is 0 Å². The number of unbranched alkanes of at least 4 members (excludes halogenated alkanes) is 10. The fraction of sp³-hybridized carbons (Fsp3) is 1.00. The monoisotopic (exact) mass is 380 g/mol. The van der Waals surface area contributed by atoms with Gasteiger partial charge in [0.1, 0.15) is 0 Å². The Bertz CT molecular complexity index is 114. The number of halogens is 1. The number of rotatable bonds is 14. The first-order valence-corrected chi connectivity index (χ1v) is 9.86. The second-order valence-electron chi connectivity index (χ2n) is 5.40. The molecule has 0 aliphatic carbocycles. The van der Waals surface area contributed by atoms with Crippen molar-refractivity contribution in [2.45, 2.75) is 101 Å². The summed E-state index contributed by atoms with van der Waals surface area (Å²) in [6, 6.07) is 0. The van der Waals surface area contributed by atoms with Gasteiger partial charge in [0.05, 0.1) is 0 Å². The predicted molar refractivity (Wildman–Crippen MR) is 82.1 cm³/mol. The Morgan fingerprint density at radius 1 is 0.500 bits per heavy atom. The van der Waals surface area contributed by atoms with E-state index < -0.39 is 0 Å². The van der Waals surface area contributed by atoms with Crippen LogP contribution in [-0.4, -0.2) is 15.2 Å². The van der Waals surface area contributed by atoms with Crippen molar-refractivity contribution in [2.75, 3.05) is 0 Å². The average Bonchev–Trinajstić information content (AvgIpc) is 2.35. The Morgan fingerprint density at radius 3 is 1.22 bits per heavy atom. The molecule has 0 heterocycles. The van der Waals surface area contributed by atoms with Gasteiger partial charge in [-0.15, -0.1) is 0 Å². The van der Waals surface area contributed by atoms with Gasteiger partial charge in [-0.25, -0.2) is 0 Å². The van der Waals surface area contributed by atoms with Gasteiger partial charge in [0, 0.05) is 0 Å². The second-order valence-corrected chi connectivity index (χ2v) is 7.13. The molecule has 2 heteroatoms. The van der Waals surface area contributed by atoms with Crippen LogP contribution in [0.2, 0.25) is 10.6 Å². The van der Waals surface area contributed by atoms with Crippen molar-refractivity contribution in [3.63, 3.8) is 0 Å². The van der Waals surface area contributed by atoms with Crippen LogP contribution in [0.5, 0.6) is 0 Å².